The Kier molecular flexibility index (Phi) is 3.45. The fourth-order valence-corrected chi connectivity index (χ4v) is 1.79. The van der Waals surface area contributed by atoms with Gasteiger partial charge in [0.1, 0.15) is 0 Å². The molecule has 0 bridgehead atoms. The lowest BCUT2D eigenvalue weighted by Gasteiger charge is -2.05. The Morgan fingerprint density at radius 1 is 1.06 bits per heavy atom. The SMILES string of the molecule is COC(=N)c1ccc(-c2cccc(Cl)c2)cc1. The topological polar surface area (TPSA) is 33.1 Å². The zero-order valence-corrected chi connectivity index (χ0v) is 10.2. The molecule has 0 aliphatic carbocycles. The van der Waals surface area contributed by atoms with Crippen molar-refractivity contribution >= 4 is 17.5 Å². The van der Waals surface area contributed by atoms with Crippen molar-refractivity contribution < 1.29 is 4.74 Å². The lowest BCUT2D eigenvalue weighted by atomic mass is 10.0. The molecular formula is C14H12ClNO. The molecule has 2 rings (SSSR count). The largest absolute Gasteiger partial charge is 0.481 e. The minimum absolute atomic E-state index is 0.169. The van der Waals surface area contributed by atoms with Crippen LogP contribution in [0.15, 0.2) is 48.5 Å². The van der Waals surface area contributed by atoms with Gasteiger partial charge in [-0.15, -0.1) is 0 Å². The molecule has 0 aliphatic rings. The summed E-state index contributed by atoms with van der Waals surface area (Å²) < 4.78 is 4.86. The molecule has 0 aliphatic heterocycles. The standard InChI is InChI=1S/C14H12ClNO/c1-17-14(16)11-7-5-10(6-8-11)12-3-2-4-13(15)9-12/h2-9,16H,1H3. The van der Waals surface area contributed by atoms with Crippen LogP contribution in [0, 0.1) is 5.41 Å². The van der Waals surface area contributed by atoms with Gasteiger partial charge in [0, 0.05) is 10.6 Å². The summed E-state index contributed by atoms with van der Waals surface area (Å²) in [6, 6.07) is 15.3. The first-order valence-electron chi connectivity index (χ1n) is 5.19. The first kappa shape index (κ1) is 11.7. The molecule has 2 aromatic carbocycles. The minimum atomic E-state index is 0.169. The maximum absolute atomic E-state index is 7.54. The van der Waals surface area contributed by atoms with E-state index in [-0.39, 0.29) is 5.90 Å². The summed E-state index contributed by atoms with van der Waals surface area (Å²) in [5.74, 6) is 0.169. The van der Waals surface area contributed by atoms with Gasteiger partial charge in [-0.1, -0.05) is 35.9 Å². The van der Waals surface area contributed by atoms with Crippen LogP contribution in [-0.2, 0) is 4.74 Å². The highest BCUT2D eigenvalue weighted by Crippen LogP contribution is 2.23. The van der Waals surface area contributed by atoms with Crippen LogP contribution in [0.4, 0.5) is 0 Å². The van der Waals surface area contributed by atoms with Gasteiger partial charge in [0.25, 0.3) is 0 Å². The van der Waals surface area contributed by atoms with Crippen molar-refractivity contribution in [2.24, 2.45) is 0 Å². The van der Waals surface area contributed by atoms with E-state index < -0.39 is 0 Å². The third-order valence-corrected chi connectivity index (χ3v) is 2.74. The van der Waals surface area contributed by atoms with Crippen molar-refractivity contribution in [3.8, 4) is 11.1 Å². The lowest BCUT2D eigenvalue weighted by molar-refractivity contribution is 0.401. The second-order valence-corrected chi connectivity index (χ2v) is 4.06. The van der Waals surface area contributed by atoms with Crippen molar-refractivity contribution in [1.29, 1.82) is 5.41 Å². The summed E-state index contributed by atoms with van der Waals surface area (Å²) in [5, 5.41) is 8.26. The summed E-state index contributed by atoms with van der Waals surface area (Å²) in [6.45, 7) is 0. The van der Waals surface area contributed by atoms with E-state index in [1.165, 1.54) is 7.11 Å². The van der Waals surface area contributed by atoms with Gasteiger partial charge < -0.3 is 4.74 Å². The van der Waals surface area contributed by atoms with Crippen molar-refractivity contribution in [3.05, 3.63) is 59.1 Å². The molecule has 1 N–H and O–H groups in total. The summed E-state index contributed by atoms with van der Waals surface area (Å²) in [6.07, 6.45) is 0. The monoisotopic (exact) mass is 245 g/mol. The second kappa shape index (κ2) is 5.02. The average molecular weight is 246 g/mol. The molecule has 0 spiro atoms. The number of hydrogen-bond acceptors (Lipinski definition) is 2. The molecule has 3 heteroatoms. The normalized spacial score (nSPS) is 10.0. The van der Waals surface area contributed by atoms with Crippen LogP contribution in [0.1, 0.15) is 5.56 Å². The van der Waals surface area contributed by atoms with Gasteiger partial charge in [-0.05, 0) is 35.4 Å². The molecule has 0 aromatic heterocycles. The molecule has 0 heterocycles. The first-order chi connectivity index (χ1) is 8.20. The Balaban J connectivity index is 2.32. The van der Waals surface area contributed by atoms with Gasteiger partial charge in [0.15, 0.2) is 0 Å². The molecule has 2 nitrogen and oxygen atoms in total. The van der Waals surface area contributed by atoms with E-state index in [0.717, 1.165) is 21.7 Å². The van der Waals surface area contributed by atoms with Gasteiger partial charge in [-0.25, -0.2) is 0 Å². The van der Waals surface area contributed by atoms with E-state index in [1.807, 2.05) is 48.5 Å². The number of hydrogen-bond donors (Lipinski definition) is 1. The molecular weight excluding hydrogens is 234 g/mol. The summed E-state index contributed by atoms with van der Waals surface area (Å²) in [4.78, 5) is 0. The Hall–Kier alpha value is -1.80. The van der Waals surface area contributed by atoms with Gasteiger partial charge in [-0.3, -0.25) is 5.41 Å². The smallest absolute Gasteiger partial charge is 0.212 e. The summed E-state index contributed by atoms with van der Waals surface area (Å²) in [7, 11) is 1.49. The predicted molar refractivity (Wildman–Crippen MR) is 70.7 cm³/mol. The van der Waals surface area contributed by atoms with E-state index in [2.05, 4.69) is 0 Å². The first-order valence-corrected chi connectivity index (χ1v) is 5.57. The molecule has 86 valence electrons. The second-order valence-electron chi connectivity index (χ2n) is 3.62. The van der Waals surface area contributed by atoms with Crippen LogP contribution < -0.4 is 0 Å². The molecule has 0 amide bonds. The molecule has 0 radical (unpaired) electrons. The molecule has 0 atom stereocenters. The number of halogens is 1. The van der Waals surface area contributed by atoms with E-state index in [4.69, 9.17) is 21.7 Å². The van der Waals surface area contributed by atoms with E-state index in [0.29, 0.717) is 0 Å². The fraction of sp³-hybridized carbons (Fsp3) is 0.0714. The zero-order chi connectivity index (χ0) is 12.3. The Labute approximate surface area is 105 Å². The quantitative estimate of drug-likeness (QED) is 0.630. The van der Waals surface area contributed by atoms with Crippen molar-refractivity contribution in [2.45, 2.75) is 0 Å². The van der Waals surface area contributed by atoms with E-state index in [9.17, 15) is 0 Å². The Bertz CT molecular complexity index is 534. The van der Waals surface area contributed by atoms with Crippen LogP contribution in [0.3, 0.4) is 0 Å². The third kappa shape index (κ3) is 2.66. The van der Waals surface area contributed by atoms with Crippen LogP contribution in [0.2, 0.25) is 5.02 Å². The molecule has 0 unspecified atom stereocenters. The third-order valence-electron chi connectivity index (χ3n) is 2.51. The highest BCUT2D eigenvalue weighted by molar-refractivity contribution is 6.30. The predicted octanol–water partition coefficient (Wildman–Crippen LogP) is 3.98. The van der Waals surface area contributed by atoms with Gasteiger partial charge in [0.2, 0.25) is 5.90 Å². The lowest BCUT2D eigenvalue weighted by Crippen LogP contribution is -2.00. The van der Waals surface area contributed by atoms with Gasteiger partial charge in [-0.2, -0.15) is 0 Å². The van der Waals surface area contributed by atoms with Gasteiger partial charge >= 0.3 is 0 Å². The van der Waals surface area contributed by atoms with Gasteiger partial charge in [0.05, 0.1) is 7.11 Å². The fourth-order valence-electron chi connectivity index (χ4n) is 1.60. The summed E-state index contributed by atoms with van der Waals surface area (Å²) >= 11 is 5.94. The molecule has 0 saturated heterocycles. The number of nitrogens with one attached hydrogen (secondary N) is 1. The van der Waals surface area contributed by atoms with Crippen LogP contribution in [-0.4, -0.2) is 13.0 Å². The highest BCUT2D eigenvalue weighted by Gasteiger charge is 2.02. The van der Waals surface area contributed by atoms with E-state index >= 15 is 0 Å². The minimum Gasteiger partial charge on any atom is -0.481 e. The van der Waals surface area contributed by atoms with Crippen LogP contribution in [0.25, 0.3) is 11.1 Å². The van der Waals surface area contributed by atoms with Crippen molar-refractivity contribution in [3.63, 3.8) is 0 Å². The highest BCUT2D eigenvalue weighted by atomic mass is 35.5. The molecule has 2 aromatic rings. The Morgan fingerprint density at radius 2 is 1.76 bits per heavy atom. The molecule has 0 fully saturated rings. The molecule has 0 saturated carbocycles. The van der Waals surface area contributed by atoms with E-state index in [1.54, 1.807) is 0 Å². The number of ether oxygens (including phenoxy) is 1. The van der Waals surface area contributed by atoms with Crippen LogP contribution in [0.5, 0.6) is 0 Å². The summed E-state index contributed by atoms with van der Waals surface area (Å²) in [5.41, 5.74) is 2.89. The zero-order valence-electron chi connectivity index (χ0n) is 9.41. The Morgan fingerprint density at radius 3 is 2.35 bits per heavy atom. The number of rotatable bonds is 2. The van der Waals surface area contributed by atoms with Crippen molar-refractivity contribution in [2.75, 3.05) is 7.11 Å². The number of methoxy groups -OCH3 is 1. The van der Waals surface area contributed by atoms with Crippen molar-refractivity contribution in [1.82, 2.24) is 0 Å². The van der Waals surface area contributed by atoms with Crippen LogP contribution >= 0.6 is 11.6 Å². The molecule has 17 heavy (non-hydrogen) atoms. The maximum Gasteiger partial charge on any atom is 0.212 e. The average Bonchev–Trinajstić information content (AvgIpc) is 2.38. The maximum atomic E-state index is 7.54. The number of benzene rings is 2.